The Morgan fingerprint density at radius 2 is 1.97 bits per heavy atom. The first-order chi connectivity index (χ1) is 15.7. The number of amides is 1. The van der Waals surface area contributed by atoms with E-state index < -0.39 is 0 Å². The molecule has 168 valence electrons. The van der Waals surface area contributed by atoms with Crippen LogP contribution >= 0.6 is 0 Å². The van der Waals surface area contributed by atoms with Gasteiger partial charge in [0.05, 0.1) is 26.7 Å². The molecule has 1 saturated heterocycles. The number of hydrogen-bond donors (Lipinski definition) is 1. The molecule has 8 heteroatoms. The number of hydrogen-bond acceptors (Lipinski definition) is 7. The summed E-state index contributed by atoms with van der Waals surface area (Å²) in [5.74, 6) is 2.33. The van der Waals surface area contributed by atoms with Crippen molar-refractivity contribution in [2.45, 2.75) is 25.9 Å². The number of ether oxygens (including phenoxy) is 2. The number of rotatable bonds is 8. The van der Waals surface area contributed by atoms with Crippen molar-refractivity contribution < 1.29 is 18.8 Å². The van der Waals surface area contributed by atoms with E-state index in [4.69, 9.17) is 14.0 Å². The zero-order valence-corrected chi connectivity index (χ0v) is 18.4. The fourth-order valence-corrected chi connectivity index (χ4v) is 3.95. The third-order valence-corrected chi connectivity index (χ3v) is 5.65. The van der Waals surface area contributed by atoms with Crippen molar-refractivity contribution in [3.05, 3.63) is 60.0 Å². The normalized spacial score (nSPS) is 16.5. The van der Waals surface area contributed by atoms with Gasteiger partial charge in [-0.15, -0.1) is 0 Å². The van der Waals surface area contributed by atoms with Crippen molar-refractivity contribution >= 4 is 5.91 Å². The zero-order chi connectivity index (χ0) is 22.3. The van der Waals surface area contributed by atoms with Crippen LogP contribution in [0.15, 0.2) is 53.1 Å². The summed E-state index contributed by atoms with van der Waals surface area (Å²) < 4.78 is 16.1. The minimum Gasteiger partial charge on any atom is -0.493 e. The van der Waals surface area contributed by atoms with E-state index in [1.54, 1.807) is 14.2 Å². The molecule has 2 heterocycles. The summed E-state index contributed by atoms with van der Waals surface area (Å²) in [4.78, 5) is 19.4. The highest BCUT2D eigenvalue weighted by atomic mass is 16.5. The number of piperidine rings is 1. The van der Waals surface area contributed by atoms with Gasteiger partial charge in [-0.3, -0.25) is 9.69 Å². The number of carbonyl (C=O) groups is 1. The zero-order valence-electron chi connectivity index (χ0n) is 18.4. The van der Waals surface area contributed by atoms with Crippen LogP contribution in [0, 0.1) is 5.92 Å². The standard InChI is InChI=1S/C24H28N4O4/c1-30-20-11-10-18(13-21(20)31-2)23-26-22(32-27-23)16-28-12-6-9-19(15-28)24(29)25-14-17-7-4-3-5-8-17/h3-5,7-8,10-11,13,19H,6,9,12,14-16H2,1-2H3,(H,25,29)/t19-/m0/s1. The number of nitrogens with zero attached hydrogens (tertiary/aromatic N) is 3. The number of aromatic nitrogens is 2. The minimum atomic E-state index is -0.0410. The van der Waals surface area contributed by atoms with Crippen LogP contribution in [0.4, 0.5) is 0 Å². The average Bonchev–Trinajstić information content (AvgIpc) is 3.31. The highest BCUT2D eigenvalue weighted by molar-refractivity contribution is 5.79. The number of methoxy groups -OCH3 is 2. The van der Waals surface area contributed by atoms with Gasteiger partial charge in [0.25, 0.3) is 0 Å². The third-order valence-electron chi connectivity index (χ3n) is 5.65. The molecular formula is C24H28N4O4. The lowest BCUT2D eigenvalue weighted by Crippen LogP contribution is -2.42. The maximum absolute atomic E-state index is 12.7. The molecule has 0 bridgehead atoms. The van der Waals surface area contributed by atoms with Gasteiger partial charge < -0.3 is 19.3 Å². The molecule has 0 spiro atoms. The van der Waals surface area contributed by atoms with E-state index in [1.165, 1.54) is 0 Å². The summed E-state index contributed by atoms with van der Waals surface area (Å²) in [5, 5.41) is 7.17. The van der Waals surface area contributed by atoms with Crippen LogP contribution in [0.5, 0.6) is 11.5 Å². The van der Waals surface area contributed by atoms with E-state index >= 15 is 0 Å². The van der Waals surface area contributed by atoms with Gasteiger partial charge in [-0.2, -0.15) is 4.98 Å². The van der Waals surface area contributed by atoms with E-state index in [0.717, 1.165) is 30.5 Å². The van der Waals surface area contributed by atoms with Crippen LogP contribution < -0.4 is 14.8 Å². The molecule has 0 radical (unpaired) electrons. The summed E-state index contributed by atoms with van der Waals surface area (Å²) in [6, 6.07) is 15.4. The highest BCUT2D eigenvalue weighted by Gasteiger charge is 2.27. The minimum absolute atomic E-state index is 0.0410. The molecule has 1 amide bonds. The summed E-state index contributed by atoms with van der Waals surface area (Å²) in [7, 11) is 3.18. The smallest absolute Gasteiger partial charge is 0.241 e. The molecule has 32 heavy (non-hydrogen) atoms. The summed E-state index contributed by atoms with van der Waals surface area (Å²) in [5.41, 5.74) is 1.89. The van der Waals surface area contributed by atoms with E-state index in [9.17, 15) is 4.79 Å². The number of nitrogens with one attached hydrogen (secondary N) is 1. The van der Waals surface area contributed by atoms with Crippen molar-refractivity contribution in [2.24, 2.45) is 5.92 Å². The first kappa shape index (κ1) is 21.8. The van der Waals surface area contributed by atoms with Gasteiger partial charge >= 0.3 is 0 Å². The lowest BCUT2D eigenvalue weighted by atomic mass is 9.97. The van der Waals surface area contributed by atoms with Gasteiger partial charge in [0.2, 0.25) is 17.6 Å². The van der Waals surface area contributed by atoms with Gasteiger partial charge in [0.1, 0.15) is 0 Å². The second-order valence-corrected chi connectivity index (χ2v) is 7.86. The molecular weight excluding hydrogens is 408 g/mol. The maximum Gasteiger partial charge on any atom is 0.241 e. The summed E-state index contributed by atoms with van der Waals surface area (Å²) >= 11 is 0. The Morgan fingerprint density at radius 1 is 1.16 bits per heavy atom. The molecule has 1 atom stereocenters. The molecule has 8 nitrogen and oxygen atoms in total. The molecule has 4 rings (SSSR count). The molecule has 1 aromatic heterocycles. The number of benzene rings is 2. The van der Waals surface area contributed by atoms with Crippen molar-refractivity contribution in [3.63, 3.8) is 0 Å². The van der Waals surface area contributed by atoms with Crippen LogP contribution in [0.25, 0.3) is 11.4 Å². The highest BCUT2D eigenvalue weighted by Crippen LogP contribution is 2.31. The molecule has 1 fully saturated rings. The topological polar surface area (TPSA) is 89.7 Å². The van der Waals surface area contributed by atoms with Crippen molar-refractivity contribution in [2.75, 3.05) is 27.3 Å². The first-order valence-electron chi connectivity index (χ1n) is 10.7. The Kier molecular flexibility index (Phi) is 7.01. The number of carbonyl (C=O) groups excluding carboxylic acids is 1. The van der Waals surface area contributed by atoms with Gasteiger partial charge in [0.15, 0.2) is 11.5 Å². The van der Waals surface area contributed by atoms with Gasteiger partial charge in [-0.25, -0.2) is 0 Å². The maximum atomic E-state index is 12.7. The fourth-order valence-electron chi connectivity index (χ4n) is 3.95. The monoisotopic (exact) mass is 436 g/mol. The van der Waals surface area contributed by atoms with E-state index in [-0.39, 0.29) is 11.8 Å². The fraction of sp³-hybridized carbons (Fsp3) is 0.375. The van der Waals surface area contributed by atoms with Crippen LogP contribution in [0.3, 0.4) is 0 Å². The van der Waals surface area contributed by atoms with Gasteiger partial charge in [-0.05, 0) is 43.1 Å². The Bertz CT molecular complexity index is 1040. The summed E-state index contributed by atoms with van der Waals surface area (Å²) in [6.07, 6.45) is 1.85. The SMILES string of the molecule is COc1ccc(-c2noc(CN3CCC[C@H](C(=O)NCc4ccccc4)C3)n2)cc1OC. The molecule has 1 aliphatic rings. The van der Waals surface area contributed by atoms with Crippen LogP contribution in [0.2, 0.25) is 0 Å². The quantitative estimate of drug-likeness (QED) is 0.580. The molecule has 1 aliphatic heterocycles. The summed E-state index contributed by atoms with van der Waals surface area (Å²) in [6.45, 7) is 2.64. The molecule has 1 N–H and O–H groups in total. The van der Waals surface area contributed by atoms with Crippen LogP contribution in [-0.2, 0) is 17.9 Å². The largest absolute Gasteiger partial charge is 0.493 e. The van der Waals surface area contributed by atoms with Gasteiger partial charge in [0, 0.05) is 18.7 Å². The van der Waals surface area contributed by atoms with Crippen molar-refractivity contribution in [1.82, 2.24) is 20.4 Å². The molecule has 0 saturated carbocycles. The Labute approximate surface area is 187 Å². The molecule has 0 unspecified atom stereocenters. The predicted molar refractivity (Wildman–Crippen MR) is 119 cm³/mol. The third kappa shape index (κ3) is 5.26. The lowest BCUT2D eigenvalue weighted by Gasteiger charge is -2.30. The van der Waals surface area contributed by atoms with E-state index in [0.29, 0.717) is 42.8 Å². The Morgan fingerprint density at radius 3 is 2.75 bits per heavy atom. The van der Waals surface area contributed by atoms with E-state index in [1.807, 2.05) is 48.5 Å². The lowest BCUT2D eigenvalue weighted by molar-refractivity contribution is -0.127. The number of likely N-dealkylation sites (tertiary alicyclic amines) is 1. The van der Waals surface area contributed by atoms with Crippen molar-refractivity contribution in [1.29, 1.82) is 0 Å². The first-order valence-corrected chi connectivity index (χ1v) is 10.7. The Hall–Kier alpha value is -3.39. The van der Waals surface area contributed by atoms with Gasteiger partial charge in [-0.1, -0.05) is 35.5 Å². The molecule has 0 aliphatic carbocycles. The second-order valence-electron chi connectivity index (χ2n) is 7.86. The second kappa shape index (κ2) is 10.3. The Balaban J connectivity index is 1.34. The van der Waals surface area contributed by atoms with E-state index in [2.05, 4.69) is 20.4 Å². The van der Waals surface area contributed by atoms with Crippen LogP contribution in [-0.4, -0.2) is 48.3 Å². The van der Waals surface area contributed by atoms with Crippen molar-refractivity contribution in [3.8, 4) is 22.9 Å². The molecule has 2 aromatic carbocycles. The molecule has 3 aromatic rings. The average molecular weight is 437 g/mol. The predicted octanol–water partition coefficient (Wildman–Crippen LogP) is 3.28. The van der Waals surface area contributed by atoms with Crippen LogP contribution in [0.1, 0.15) is 24.3 Å².